The fourth-order valence-corrected chi connectivity index (χ4v) is 3.41. The minimum atomic E-state index is -0.650. The van der Waals surface area contributed by atoms with Crippen molar-refractivity contribution >= 4 is 23.9 Å². The van der Waals surface area contributed by atoms with Gasteiger partial charge in [0, 0.05) is 32.0 Å². The molecule has 1 saturated heterocycles. The lowest BCUT2D eigenvalue weighted by Crippen LogP contribution is -2.52. The van der Waals surface area contributed by atoms with Gasteiger partial charge in [0.2, 0.25) is 0 Å². The Bertz CT molecular complexity index is 780. The standard InChI is InChI=1S/C19H22N2O6/c1-2-26-18(24)21-9-7-19(8-10-21)12-15(22)14-11-13(3-5-16(14)27-19)4-6-17(23)20-25/h3-6,11,25H,2,7-10,12H2,1H3,(H,20,23). The van der Waals surface area contributed by atoms with Crippen molar-refractivity contribution < 1.29 is 29.1 Å². The van der Waals surface area contributed by atoms with E-state index in [4.69, 9.17) is 14.7 Å². The number of fused-ring (bicyclic) bond motifs is 1. The lowest BCUT2D eigenvalue weighted by molar-refractivity contribution is -0.124. The summed E-state index contributed by atoms with van der Waals surface area (Å²) >= 11 is 0. The zero-order valence-corrected chi connectivity index (χ0v) is 15.1. The quantitative estimate of drug-likeness (QED) is 0.477. The molecule has 8 nitrogen and oxygen atoms in total. The van der Waals surface area contributed by atoms with Gasteiger partial charge in [0.25, 0.3) is 5.91 Å². The van der Waals surface area contributed by atoms with Gasteiger partial charge in [-0.05, 0) is 30.7 Å². The smallest absolute Gasteiger partial charge is 0.409 e. The van der Waals surface area contributed by atoms with Gasteiger partial charge < -0.3 is 14.4 Å². The average Bonchev–Trinajstić information content (AvgIpc) is 2.67. The van der Waals surface area contributed by atoms with Crippen LogP contribution in [0.4, 0.5) is 4.79 Å². The summed E-state index contributed by atoms with van der Waals surface area (Å²) in [6.45, 7) is 3.07. The van der Waals surface area contributed by atoms with Gasteiger partial charge in [-0.15, -0.1) is 0 Å². The number of hydroxylamine groups is 1. The average molecular weight is 374 g/mol. The molecule has 0 saturated carbocycles. The third-order valence-electron chi connectivity index (χ3n) is 4.85. The van der Waals surface area contributed by atoms with Gasteiger partial charge in [-0.3, -0.25) is 14.8 Å². The number of piperidine rings is 1. The molecule has 0 atom stereocenters. The normalized spacial score (nSPS) is 18.1. The van der Waals surface area contributed by atoms with Crippen LogP contribution < -0.4 is 10.2 Å². The molecule has 1 aromatic rings. The molecule has 3 rings (SSSR count). The fraction of sp³-hybridized carbons (Fsp3) is 0.421. The van der Waals surface area contributed by atoms with Crippen molar-refractivity contribution in [3.05, 3.63) is 35.4 Å². The number of carbonyl (C=O) groups is 3. The van der Waals surface area contributed by atoms with Crippen LogP contribution in [-0.2, 0) is 9.53 Å². The van der Waals surface area contributed by atoms with E-state index in [1.807, 2.05) is 0 Å². The number of likely N-dealkylation sites (tertiary alicyclic amines) is 1. The summed E-state index contributed by atoms with van der Waals surface area (Å²) in [7, 11) is 0. The third kappa shape index (κ3) is 4.11. The third-order valence-corrected chi connectivity index (χ3v) is 4.85. The zero-order valence-electron chi connectivity index (χ0n) is 15.1. The number of rotatable bonds is 3. The molecule has 2 aliphatic heterocycles. The van der Waals surface area contributed by atoms with Gasteiger partial charge in [0.05, 0.1) is 18.6 Å². The first kappa shape index (κ1) is 18.9. The first-order chi connectivity index (χ1) is 13.0. The van der Waals surface area contributed by atoms with Gasteiger partial charge in [-0.1, -0.05) is 6.07 Å². The Morgan fingerprint density at radius 2 is 2.11 bits per heavy atom. The molecule has 2 N–H and O–H groups in total. The molecule has 0 bridgehead atoms. The van der Waals surface area contributed by atoms with Crippen molar-refractivity contribution in [2.45, 2.75) is 31.8 Å². The molecule has 2 aliphatic rings. The summed E-state index contributed by atoms with van der Waals surface area (Å²) in [4.78, 5) is 37.3. The van der Waals surface area contributed by atoms with Crippen molar-refractivity contribution in [2.75, 3.05) is 19.7 Å². The molecule has 8 heteroatoms. The Hall–Kier alpha value is -2.87. The van der Waals surface area contributed by atoms with E-state index in [0.29, 0.717) is 49.4 Å². The number of carbonyl (C=O) groups excluding carboxylic acids is 3. The summed E-state index contributed by atoms with van der Waals surface area (Å²) in [6.07, 6.45) is 3.72. The zero-order chi connectivity index (χ0) is 19.4. The van der Waals surface area contributed by atoms with Crippen molar-refractivity contribution in [1.82, 2.24) is 10.4 Å². The first-order valence-electron chi connectivity index (χ1n) is 8.86. The van der Waals surface area contributed by atoms with E-state index in [9.17, 15) is 14.4 Å². The van der Waals surface area contributed by atoms with Gasteiger partial charge in [0.15, 0.2) is 5.78 Å². The van der Waals surface area contributed by atoms with Crippen LogP contribution in [0, 0.1) is 0 Å². The van der Waals surface area contributed by atoms with Gasteiger partial charge >= 0.3 is 6.09 Å². The Kier molecular flexibility index (Phi) is 5.46. The molecule has 0 aliphatic carbocycles. The molecule has 2 amide bonds. The number of ether oxygens (including phenoxy) is 2. The maximum Gasteiger partial charge on any atom is 0.409 e. The second kappa shape index (κ2) is 7.79. The van der Waals surface area contributed by atoms with Crippen LogP contribution in [0.5, 0.6) is 5.75 Å². The molecule has 1 aromatic carbocycles. The van der Waals surface area contributed by atoms with E-state index in [0.717, 1.165) is 0 Å². The van der Waals surface area contributed by atoms with Crippen LogP contribution in [0.15, 0.2) is 24.3 Å². The van der Waals surface area contributed by atoms with Crippen molar-refractivity contribution in [1.29, 1.82) is 0 Å². The predicted octanol–water partition coefficient (Wildman–Crippen LogP) is 2.16. The highest BCUT2D eigenvalue weighted by atomic mass is 16.6. The first-order valence-corrected chi connectivity index (χ1v) is 8.86. The number of Topliss-reactive ketones (excluding diaryl/α,β-unsaturated/α-hetero) is 1. The summed E-state index contributed by atoms with van der Waals surface area (Å²) in [5.41, 5.74) is 2.04. The van der Waals surface area contributed by atoms with Crippen LogP contribution in [0.1, 0.15) is 42.1 Å². The minimum absolute atomic E-state index is 0.0253. The Morgan fingerprint density at radius 1 is 1.37 bits per heavy atom. The SMILES string of the molecule is CCOC(=O)N1CCC2(CC1)CC(=O)c1cc(C=CC(=O)NO)ccc1O2. The molecule has 2 heterocycles. The second-order valence-corrected chi connectivity index (χ2v) is 6.64. The van der Waals surface area contributed by atoms with Gasteiger partial charge in [-0.25, -0.2) is 10.3 Å². The number of hydrogen-bond acceptors (Lipinski definition) is 6. The van der Waals surface area contributed by atoms with Crippen molar-refractivity contribution in [2.24, 2.45) is 0 Å². The molecule has 1 spiro atoms. The highest BCUT2D eigenvalue weighted by Gasteiger charge is 2.43. The number of nitrogens with one attached hydrogen (secondary N) is 1. The molecular formula is C19H22N2O6. The lowest BCUT2D eigenvalue weighted by atomic mass is 9.82. The van der Waals surface area contributed by atoms with E-state index in [2.05, 4.69) is 0 Å². The maximum absolute atomic E-state index is 12.7. The van der Waals surface area contributed by atoms with E-state index in [1.165, 1.54) is 17.6 Å². The predicted molar refractivity (Wildman–Crippen MR) is 95.5 cm³/mol. The summed E-state index contributed by atoms with van der Waals surface area (Å²) < 4.78 is 11.2. The maximum atomic E-state index is 12.7. The highest BCUT2D eigenvalue weighted by molar-refractivity contribution is 6.01. The number of benzene rings is 1. The molecule has 0 aromatic heterocycles. The van der Waals surface area contributed by atoms with Crippen LogP contribution in [0.2, 0.25) is 0 Å². The van der Waals surface area contributed by atoms with Crippen molar-refractivity contribution in [3.63, 3.8) is 0 Å². The van der Waals surface area contributed by atoms with Crippen LogP contribution in [-0.4, -0.2) is 53.2 Å². The number of ketones is 1. The monoisotopic (exact) mass is 374 g/mol. The molecule has 27 heavy (non-hydrogen) atoms. The molecule has 1 fully saturated rings. The highest BCUT2D eigenvalue weighted by Crippen LogP contribution is 2.39. The van der Waals surface area contributed by atoms with E-state index in [1.54, 1.807) is 30.0 Å². The molecule has 0 unspecified atom stereocenters. The van der Waals surface area contributed by atoms with Crippen LogP contribution in [0.3, 0.4) is 0 Å². The Balaban J connectivity index is 1.72. The van der Waals surface area contributed by atoms with E-state index < -0.39 is 11.5 Å². The minimum Gasteiger partial charge on any atom is -0.486 e. The fourth-order valence-electron chi connectivity index (χ4n) is 3.41. The topological polar surface area (TPSA) is 105 Å². The van der Waals surface area contributed by atoms with E-state index in [-0.39, 0.29) is 18.3 Å². The number of amides is 2. The van der Waals surface area contributed by atoms with E-state index >= 15 is 0 Å². The molecule has 144 valence electrons. The van der Waals surface area contributed by atoms with Crippen LogP contribution >= 0.6 is 0 Å². The Labute approximate surface area is 156 Å². The van der Waals surface area contributed by atoms with Crippen LogP contribution in [0.25, 0.3) is 6.08 Å². The lowest BCUT2D eigenvalue weighted by Gasteiger charge is -2.43. The van der Waals surface area contributed by atoms with Gasteiger partial charge in [-0.2, -0.15) is 0 Å². The number of nitrogens with zero attached hydrogens (tertiary/aromatic N) is 1. The summed E-state index contributed by atoms with van der Waals surface area (Å²) in [5, 5.41) is 8.51. The largest absolute Gasteiger partial charge is 0.486 e. The molecular weight excluding hydrogens is 352 g/mol. The second-order valence-electron chi connectivity index (χ2n) is 6.64. The molecule has 0 radical (unpaired) electrons. The van der Waals surface area contributed by atoms with Crippen molar-refractivity contribution in [3.8, 4) is 5.75 Å². The van der Waals surface area contributed by atoms with Gasteiger partial charge in [0.1, 0.15) is 11.4 Å². The Morgan fingerprint density at radius 3 is 2.78 bits per heavy atom. The summed E-state index contributed by atoms with van der Waals surface area (Å²) in [5.74, 6) is -0.162. The number of hydrogen-bond donors (Lipinski definition) is 2. The summed E-state index contributed by atoms with van der Waals surface area (Å²) in [6, 6.07) is 5.11.